The molecule has 3 rings (SSSR count). The van der Waals surface area contributed by atoms with Gasteiger partial charge in [-0.05, 0) is 47.9 Å². The molecule has 4 N–H and O–H groups in total. The number of halogens is 4. The number of sulfone groups is 1. The second-order valence-electron chi connectivity index (χ2n) is 8.44. The summed E-state index contributed by atoms with van der Waals surface area (Å²) < 4.78 is 66.2. The third-order valence-corrected chi connectivity index (χ3v) is 7.93. The largest absolute Gasteiger partial charge is 0.416 e. The zero-order valence-electron chi connectivity index (χ0n) is 19.4. The Morgan fingerprint density at radius 1 is 1.17 bits per heavy atom. The number of nitrogens with one attached hydrogen (secondary N) is 2. The maximum atomic E-state index is 13.8. The van der Waals surface area contributed by atoms with Gasteiger partial charge in [0.1, 0.15) is 0 Å². The molecule has 1 saturated heterocycles. The lowest BCUT2D eigenvalue weighted by Crippen LogP contribution is -2.40. The predicted octanol–water partition coefficient (Wildman–Crippen LogP) is 3.33. The number of hydrogen-bond donors (Lipinski definition) is 3. The highest BCUT2D eigenvalue weighted by Crippen LogP contribution is 2.34. The highest BCUT2D eigenvalue weighted by molar-refractivity contribution is 7.91. The number of rotatable bonds is 8. The zero-order chi connectivity index (χ0) is 26.7. The van der Waals surface area contributed by atoms with Crippen molar-refractivity contribution in [3.8, 4) is 0 Å². The van der Waals surface area contributed by atoms with Crippen molar-refractivity contribution >= 4 is 33.4 Å². The molecule has 13 heteroatoms. The molecular weight excluding hydrogens is 521 g/mol. The summed E-state index contributed by atoms with van der Waals surface area (Å²) >= 11 is 5.97. The molecular formula is C23H26ClF3N4O4S. The molecule has 1 unspecified atom stereocenters. The van der Waals surface area contributed by atoms with E-state index in [4.69, 9.17) is 17.3 Å². The van der Waals surface area contributed by atoms with Crippen molar-refractivity contribution < 1.29 is 31.2 Å². The topological polar surface area (TPSA) is 122 Å². The molecule has 0 bridgehead atoms. The van der Waals surface area contributed by atoms with Crippen molar-refractivity contribution in [1.29, 1.82) is 0 Å². The average molecular weight is 547 g/mol. The Kier molecular flexibility index (Phi) is 8.52. The number of carbonyl (C=O) groups excluding carboxylic acids is 2. The molecule has 2 aromatic carbocycles. The van der Waals surface area contributed by atoms with E-state index in [-0.39, 0.29) is 51.5 Å². The van der Waals surface area contributed by atoms with Crippen LogP contribution in [0.15, 0.2) is 41.3 Å². The Labute approximate surface area is 211 Å². The van der Waals surface area contributed by atoms with Gasteiger partial charge >= 0.3 is 12.2 Å². The van der Waals surface area contributed by atoms with Crippen LogP contribution in [0.2, 0.25) is 5.02 Å². The molecule has 0 radical (unpaired) electrons. The second-order valence-corrected chi connectivity index (χ2v) is 11.1. The van der Waals surface area contributed by atoms with E-state index in [1.807, 2.05) is 0 Å². The number of likely N-dealkylation sites (tertiary alicyclic amines) is 1. The lowest BCUT2D eigenvalue weighted by Gasteiger charge is -2.20. The van der Waals surface area contributed by atoms with Gasteiger partial charge in [-0.15, -0.1) is 0 Å². The molecule has 36 heavy (non-hydrogen) atoms. The van der Waals surface area contributed by atoms with Gasteiger partial charge in [0.25, 0.3) is 5.91 Å². The van der Waals surface area contributed by atoms with E-state index in [2.05, 4.69) is 10.6 Å². The van der Waals surface area contributed by atoms with Gasteiger partial charge < -0.3 is 16.4 Å². The molecule has 1 heterocycles. The fourth-order valence-electron chi connectivity index (χ4n) is 4.08. The first-order valence-corrected chi connectivity index (χ1v) is 13.1. The van der Waals surface area contributed by atoms with E-state index in [0.29, 0.717) is 19.5 Å². The number of nitrogens with two attached hydrogens (primary N) is 1. The standard InChI is InChI=1S/C23H26ClF3N4O4S/c1-2-36(34,35)20-6-5-17(24)9-16(20)11-29-21(32)14-3-4-15(19(10-14)23(25,26)27)12-31-8-7-18(13-31)30-22(28)33/h3-6,9-10,18H,2,7-8,11-13H2,1H3,(H,29,32)(H3,28,30,33). The van der Waals surface area contributed by atoms with Crippen LogP contribution in [0.4, 0.5) is 18.0 Å². The lowest BCUT2D eigenvalue weighted by atomic mass is 10.0. The minimum atomic E-state index is -4.70. The Bertz CT molecular complexity index is 1250. The van der Waals surface area contributed by atoms with Crippen molar-refractivity contribution in [3.05, 3.63) is 63.7 Å². The molecule has 0 aromatic heterocycles. The number of primary amides is 1. The van der Waals surface area contributed by atoms with E-state index in [9.17, 15) is 31.2 Å². The monoisotopic (exact) mass is 546 g/mol. The van der Waals surface area contributed by atoms with Gasteiger partial charge in [-0.3, -0.25) is 9.69 Å². The summed E-state index contributed by atoms with van der Waals surface area (Å²) in [6.45, 7) is 2.05. The smallest absolute Gasteiger partial charge is 0.352 e. The number of alkyl halides is 3. The third kappa shape index (κ3) is 6.89. The molecule has 0 aliphatic carbocycles. The summed E-state index contributed by atoms with van der Waals surface area (Å²) in [5.74, 6) is -0.957. The number of hydrogen-bond acceptors (Lipinski definition) is 5. The van der Waals surface area contributed by atoms with E-state index >= 15 is 0 Å². The van der Waals surface area contributed by atoms with Crippen molar-refractivity contribution in [2.45, 2.75) is 43.5 Å². The fraction of sp³-hybridized carbons (Fsp3) is 0.391. The fourth-order valence-corrected chi connectivity index (χ4v) is 5.39. The van der Waals surface area contributed by atoms with Crippen LogP contribution in [0, 0.1) is 0 Å². The summed E-state index contributed by atoms with van der Waals surface area (Å²) in [6, 6.07) is 6.53. The highest BCUT2D eigenvalue weighted by Gasteiger charge is 2.35. The van der Waals surface area contributed by atoms with Crippen molar-refractivity contribution in [1.82, 2.24) is 15.5 Å². The summed E-state index contributed by atoms with van der Waals surface area (Å²) in [5.41, 5.74) is 4.17. The molecule has 8 nitrogen and oxygen atoms in total. The summed E-state index contributed by atoms with van der Waals surface area (Å²) in [6.07, 6.45) is -4.14. The number of benzene rings is 2. The van der Waals surface area contributed by atoms with Gasteiger partial charge in [0.05, 0.1) is 16.2 Å². The van der Waals surface area contributed by atoms with Crippen LogP contribution in [0.25, 0.3) is 0 Å². The molecule has 0 saturated carbocycles. The minimum absolute atomic E-state index is 0.00392. The molecule has 1 fully saturated rings. The van der Waals surface area contributed by atoms with Crippen LogP contribution < -0.4 is 16.4 Å². The quantitative estimate of drug-likeness (QED) is 0.469. The summed E-state index contributed by atoms with van der Waals surface area (Å²) in [4.78, 5) is 25.5. The van der Waals surface area contributed by atoms with E-state index in [1.54, 1.807) is 4.90 Å². The summed E-state index contributed by atoms with van der Waals surface area (Å²) in [5, 5.41) is 5.29. The average Bonchev–Trinajstić information content (AvgIpc) is 3.22. The Balaban J connectivity index is 1.78. The third-order valence-electron chi connectivity index (χ3n) is 5.87. The van der Waals surface area contributed by atoms with Crippen molar-refractivity contribution in [3.63, 3.8) is 0 Å². The molecule has 1 aliphatic heterocycles. The first-order valence-electron chi connectivity index (χ1n) is 11.1. The van der Waals surface area contributed by atoms with Crippen LogP contribution >= 0.6 is 11.6 Å². The van der Waals surface area contributed by atoms with Crippen LogP contribution in [-0.2, 0) is 29.1 Å². The Morgan fingerprint density at radius 3 is 2.53 bits per heavy atom. The van der Waals surface area contributed by atoms with E-state index in [0.717, 1.165) is 6.07 Å². The maximum Gasteiger partial charge on any atom is 0.416 e. The maximum absolute atomic E-state index is 13.8. The van der Waals surface area contributed by atoms with Crippen molar-refractivity contribution in [2.24, 2.45) is 5.73 Å². The van der Waals surface area contributed by atoms with Gasteiger partial charge in [-0.1, -0.05) is 24.6 Å². The highest BCUT2D eigenvalue weighted by atomic mass is 35.5. The van der Waals surface area contributed by atoms with Crippen LogP contribution in [0.5, 0.6) is 0 Å². The normalized spacial score (nSPS) is 16.6. The Hall–Kier alpha value is -2.83. The molecule has 0 spiro atoms. The SMILES string of the molecule is CCS(=O)(=O)c1ccc(Cl)cc1CNC(=O)c1ccc(CN2CCC(NC(N)=O)C2)c(C(F)(F)F)c1. The molecule has 196 valence electrons. The van der Waals surface area contributed by atoms with Gasteiger partial charge in [0.2, 0.25) is 0 Å². The second kappa shape index (κ2) is 11.1. The minimum Gasteiger partial charge on any atom is -0.352 e. The molecule has 2 aromatic rings. The summed E-state index contributed by atoms with van der Waals surface area (Å²) in [7, 11) is -3.61. The predicted molar refractivity (Wildman–Crippen MR) is 128 cm³/mol. The first-order chi connectivity index (χ1) is 16.8. The molecule has 1 aliphatic rings. The van der Waals surface area contributed by atoms with E-state index < -0.39 is 33.5 Å². The van der Waals surface area contributed by atoms with Crippen LogP contribution in [0.3, 0.4) is 0 Å². The zero-order valence-corrected chi connectivity index (χ0v) is 20.9. The number of carbonyl (C=O) groups is 2. The lowest BCUT2D eigenvalue weighted by molar-refractivity contribution is -0.138. The number of urea groups is 1. The van der Waals surface area contributed by atoms with Gasteiger partial charge in [0, 0.05) is 42.8 Å². The van der Waals surface area contributed by atoms with Crippen molar-refractivity contribution in [2.75, 3.05) is 18.8 Å². The first kappa shape index (κ1) is 27.8. The van der Waals surface area contributed by atoms with Gasteiger partial charge in [0.15, 0.2) is 9.84 Å². The van der Waals surface area contributed by atoms with Gasteiger partial charge in [-0.2, -0.15) is 13.2 Å². The molecule has 1 atom stereocenters. The molecule has 3 amide bonds. The van der Waals surface area contributed by atoms with Gasteiger partial charge in [-0.25, -0.2) is 13.2 Å². The Morgan fingerprint density at radius 2 is 1.89 bits per heavy atom. The number of amides is 3. The number of nitrogens with zero attached hydrogens (tertiary/aromatic N) is 1. The van der Waals surface area contributed by atoms with Crippen LogP contribution in [0.1, 0.15) is 40.4 Å². The van der Waals surface area contributed by atoms with Crippen LogP contribution in [-0.4, -0.2) is 50.1 Å². The van der Waals surface area contributed by atoms with E-state index in [1.165, 1.54) is 37.3 Å².